The number of nitrogens with zero attached hydrogens (tertiary/aromatic N) is 2. The quantitative estimate of drug-likeness (QED) is 0.771. The summed E-state index contributed by atoms with van der Waals surface area (Å²) in [6.07, 6.45) is 4.84. The second-order valence-electron chi connectivity index (χ2n) is 6.89. The molecular formula is C20H28N2O3. The highest BCUT2D eigenvalue weighted by molar-refractivity contribution is 5.86. The molecule has 2 aliphatic heterocycles. The van der Waals surface area contributed by atoms with Crippen LogP contribution in [-0.2, 0) is 14.3 Å². The normalized spacial score (nSPS) is 24.3. The molecule has 25 heavy (non-hydrogen) atoms. The molecule has 0 aromatic heterocycles. The van der Waals surface area contributed by atoms with Crippen LogP contribution in [0.4, 0.5) is 0 Å². The van der Waals surface area contributed by atoms with Gasteiger partial charge in [0.15, 0.2) is 0 Å². The molecule has 2 heterocycles. The lowest BCUT2D eigenvalue weighted by molar-refractivity contribution is -0.157. The average molecular weight is 344 g/mol. The Bertz CT molecular complexity index is 590. The van der Waals surface area contributed by atoms with Crippen molar-refractivity contribution in [1.29, 1.82) is 0 Å². The number of ether oxygens (including phenoxy) is 1. The van der Waals surface area contributed by atoms with E-state index in [1.807, 2.05) is 13.0 Å². The van der Waals surface area contributed by atoms with E-state index in [9.17, 15) is 9.59 Å². The molecule has 0 radical (unpaired) electrons. The highest BCUT2D eigenvalue weighted by atomic mass is 16.5. The zero-order valence-corrected chi connectivity index (χ0v) is 15.0. The van der Waals surface area contributed by atoms with Gasteiger partial charge < -0.3 is 9.64 Å². The van der Waals surface area contributed by atoms with E-state index in [1.165, 1.54) is 5.56 Å². The second kappa shape index (κ2) is 8.48. The third-order valence-corrected chi connectivity index (χ3v) is 5.27. The summed E-state index contributed by atoms with van der Waals surface area (Å²) in [5.41, 5.74) is 1.27. The minimum atomic E-state index is -0.404. The Labute approximate surface area is 149 Å². The number of hydrogen-bond donors (Lipinski definition) is 0. The van der Waals surface area contributed by atoms with Gasteiger partial charge in [-0.25, -0.2) is 4.79 Å². The molecule has 0 spiro atoms. The Morgan fingerprint density at radius 2 is 1.88 bits per heavy atom. The van der Waals surface area contributed by atoms with E-state index in [-0.39, 0.29) is 11.9 Å². The van der Waals surface area contributed by atoms with Gasteiger partial charge in [0.05, 0.1) is 13.2 Å². The molecular weight excluding hydrogens is 316 g/mol. The Hall–Kier alpha value is -1.88. The van der Waals surface area contributed by atoms with Crippen molar-refractivity contribution in [2.75, 3.05) is 26.2 Å². The van der Waals surface area contributed by atoms with E-state index in [4.69, 9.17) is 4.74 Å². The molecule has 0 saturated carbocycles. The van der Waals surface area contributed by atoms with Crippen molar-refractivity contribution in [2.24, 2.45) is 0 Å². The van der Waals surface area contributed by atoms with E-state index in [2.05, 4.69) is 29.2 Å². The number of benzene rings is 1. The molecule has 3 rings (SSSR count). The van der Waals surface area contributed by atoms with Gasteiger partial charge in [-0.15, -0.1) is 0 Å². The van der Waals surface area contributed by atoms with Gasteiger partial charge in [-0.1, -0.05) is 30.3 Å². The second-order valence-corrected chi connectivity index (χ2v) is 6.89. The zero-order chi connectivity index (χ0) is 17.6. The highest BCUT2D eigenvalue weighted by Crippen LogP contribution is 2.31. The van der Waals surface area contributed by atoms with Crippen LogP contribution in [0.2, 0.25) is 0 Å². The van der Waals surface area contributed by atoms with Crippen molar-refractivity contribution >= 4 is 11.9 Å². The third-order valence-electron chi connectivity index (χ3n) is 5.27. The Morgan fingerprint density at radius 1 is 1.08 bits per heavy atom. The standard InChI is InChI=1S/C20H28N2O3/c1-2-25-20(24)18-11-6-7-14-22(18)19(23)15-21-13-8-12-17(21)16-9-4-3-5-10-16/h3-5,9-10,17-18H,2,6-8,11-15H2,1H3. The first-order valence-corrected chi connectivity index (χ1v) is 9.45. The van der Waals surface area contributed by atoms with E-state index >= 15 is 0 Å². The van der Waals surface area contributed by atoms with Gasteiger partial charge in [0, 0.05) is 12.6 Å². The monoisotopic (exact) mass is 344 g/mol. The number of rotatable bonds is 5. The van der Waals surface area contributed by atoms with Gasteiger partial charge >= 0.3 is 5.97 Å². The molecule has 2 unspecified atom stereocenters. The van der Waals surface area contributed by atoms with Crippen molar-refractivity contribution in [3.63, 3.8) is 0 Å². The first kappa shape index (κ1) is 17.9. The number of carbonyl (C=O) groups excluding carboxylic acids is 2. The van der Waals surface area contributed by atoms with Crippen molar-refractivity contribution < 1.29 is 14.3 Å². The number of hydrogen-bond acceptors (Lipinski definition) is 4. The minimum Gasteiger partial charge on any atom is -0.464 e. The van der Waals surface area contributed by atoms with E-state index in [0.717, 1.165) is 32.2 Å². The molecule has 5 nitrogen and oxygen atoms in total. The fourth-order valence-electron chi connectivity index (χ4n) is 4.05. The summed E-state index contributed by atoms with van der Waals surface area (Å²) in [6, 6.07) is 10.3. The van der Waals surface area contributed by atoms with Crippen LogP contribution in [0.1, 0.15) is 50.6 Å². The van der Waals surface area contributed by atoms with Gasteiger partial charge in [0.25, 0.3) is 0 Å². The maximum atomic E-state index is 12.9. The van der Waals surface area contributed by atoms with E-state index < -0.39 is 6.04 Å². The number of carbonyl (C=O) groups is 2. The summed E-state index contributed by atoms with van der Waals surface area (Å²) in [6.45, 7) is 4.14. The molecule has 136 valence electrons. The largest absolute Gasteiger partial charge is 0.464 e. The van der Waals surface area contributed by atoms with Crippen LogP contribution < -0.4 is 0 Å². The zero-order valence-electron chi connectivity index (χ0n) is 15.0. The van der Waals surface area contributed by atoms with Crippen LogP contribution in [0.5, 0.6) is 0 Å². The average Bonchev–Trinajstić information content (AvgIpc) is 3.10. The fourth-order valence-corrected chi connectivity index (χ4v) is 4.05. The van der Waals surface area contributed by atoms with Gasteiger partial charge in [-0.05, 0) is 51.1 Å². The molecule has 0 aliphatic carbocycles. The van der Waals surface area contributed by atoms with Crippen LogP contribution in [0.15, 0.2) is 30.3 Å². The van der Waals surface area contributed by atoms with Gasteiger partial charge in [0.2, 0.25) is 5.91 Å². The predicted octanol–water partition coefficient (Wildman–Crippen LogP) is 2.77. The number of amides is 1. The SMILES string of the molecule is CCOC(=O)C1CCCCN1C(=O)CN1CCCC1c1ccccc1. The smallest absolute Gasteiger partial charge is 0.328 e. The molecule has 1 aromatic carbocycles. The van der Waals surface area contributed by atoms with Crippen LogP contribution in [0.25, 0.3) is 0 Å². The summed E-state index contributed by atoms with van der Waals surface area (Å²) in [7, 11) is 0. The summed E-state index contributed by atoms with van der Waals surface area (Å²) < 4.78 is 5.18. The summed E-state index contributed by atoms with van der Waals surface area (Å²) in [5, 5.41) is 0. The number of piperidine rings is 1. The van der Waals surface area contributed by atoms with Crippen molar-refractivity contribution in [3.8, 4) is 0 Å². The first-order valence-electron chi connectivity index (χ1n) is 9.45. The number of likely N-dealkylation sites (tertiary alicyclic amines) is 2. The first-order chi connectivity index (χ1) is 12.2. The molecule has 2 aliphatic rings. The van der Waals surface area contributed by atoms with E-state index in [1.54, 1.807) is 4.90 Å². The van der Waals surface area contributed by atoms with Gasteiger partial charge in [-0.2, -0.15) is 0 Å². The maximum Gasteiger partial charge on any atom is 0.328 e. The molecule has 0 bridgehead atoms. The molecule has 2 atom stereocenters. The minimum absolute atomic E-state index is 0.0561. The van der Waals surface area contributed by atoms with Crippen LogP contribution in [-0.4, -0.2) is 54.0 Å². The summed E-state index contributed by atoms with van der Waals surface area (Å²) in [5.74, 6) is -0.197. The van der Waals surface area contributed by atoms with Crippen LogP contribution in [0.3, 0.4) is 0 Å². The van der Waals surface area contributed by atoms with Gasteiger partial charge in [-0.3, -0.25) is 9.69 Å². The lowest BCUT2D eigenvalue weighted by atomic mass is 10.0. The van der Waals surface area contributed by atoms with Crippen LogP contribution >= 0.6 is 0 Å². The molecule has 1 amide bonds. The molecule has 0 N–H and O–H groups in total. The van der Waals surface area contributed by atoms with Crippen molar-refractivity contribution in [3.05, 3.63) is 35.9 Å². The fraction of sp³-hybridized carbons (Fsp3) is 0.600. The van der Waals surface area contributed by atoms with Crippen molar-refractivity contribution in [2.45, 2.75) is 51.1 Å². The predicted molar refractivity (Wildman–Crippen MR) is 96.0 cm³/mol. The molecule has 2 saturated heterocycles. The Morgan fingerprint density at radius 3 is 2.64 bits per heavy atom. The molecule has 1 aromatic rings. The highest BCUT2D eigenvalue weighted by Gasteiger charge is 2.35. The number of esters is 1. The molecule has 2 fully saturated rings. The van der Waals surface area contributed by atoms with Crippen molar-refractivity contribution in [1.82, 2.24) is 9.80 Å². The van der Waals surface area contributed by atoms with Crippen LogP contribution in [0, 0.1) is 0 Å². The van der Waals surface area contributed by atoms with Gasteiger partial charge in [0.1, 0.15) is 6.04 Å². The lowest BCUT2D eigenvalue weighted by Gasteiger charge is -2.36. The summed E-state index contributed by atoms with van der Waals surface area (Å²) in [4.78, 5) is 29.1. The van der Waals surface area contributed by atoms with E-state index in [0.29, 0.717) is 32.2 Å². The topological polar surface area (TPSA) is 49.9 Å². The Kier molecular flexibility index (Phi) is 6.08. The molecule has 5 heteroatoms. The third kappa shape index (κ3) is 4.21. The Balaban J connectivity index is 1.66. The lowest BCUT2D eigenvalue weighted by Crippen LogP contribution is -2.51. The maximum absolute atomic E-state index is 12.9. The summed E-state index contributed by atoms with van der Waals surface area (Å²) >= 11 is 0.